The molecule has 0 rings (SSSR count). The second kappa shape index (κ2) is 5.14. The van der Waals surface area contributed by atoms with Crippen molar-refractivity contribution in [1.29, 1.82) is 0 Å². The van der Waals surface area contributed by atoms with Gasteiger partial charge < -0.3 is 0 Å². The molecule has 0 fully saturated rings. The van der Waals surface area contributed by atoms with Crippen molar-refractivity contribution < 1.29 is 0 Å². The molecule has 0 aliphatic heterocycles. The van der Waals surface area contributed by atoms with Gasteiger partial charge in [0.05, 0.1) is 0 Å². The Hall–Kier alpha value is 2.68. The fourth-order valence-corrected chi connectivity index (χ4v) is 37.1. The molecule has 0 aromatic heterocycles. The summed E-state index contributed by atoms with van der Waals surface area (Å²) in [5.74, 6) is 0. The highest BCUT2D eigenvalue weighted by Gasteiger charge is 2.53. The van der Waals surface area contributed by atoms with Crippen LogP contribution in [0, 0.1) is 0 Å². The Bertz CT molecular complexity index is 132. The van der Waals surface area contributed by atoms with Crippen molar-refractivity contribution in [1.82, 2.24) is 0 Å². The molecule has 0 aromatic rings. The Morgan fingerprint density at radius 2 is 1.33 bits per heavy atom. The monoisotopic (exact) mass is 358 g/mol. The Kier molecular flexibility index (Phi) is 6.29. The van der Waals surface area contributed by atoms with Crippen LogP contribution in [0.25, 0.3) is 0 Å². The number of hydrogen-bond donors (Lipinski definition) is 0. The standard InChI is InChI=1S/C2H5Cl7Si3/c1-11(5,6)2(10(3)4)12(7,8)9/h2,10H,1H3. The third kappa shape index (κ3) is 4.96. The lowest BCUT2D eigenvalue weighted by atomic mass is 11.8. The van der Waals surface area contributed by atoms with Gasteiger partial charge in [-0.3, -0.25) is 0 Å². The van der Waals surface area contributed by atoms with Gasteiger partial charge in [0, 0.05) is 4.79 Å². The van der Waals surface area contributed by atoms with E-state index in [0.29, 0.717) is 0 Å². The molecular weight excluding hydrogens is 356 g/mol. The van der Waals surface area contributed by atoms with E-state index < -0.39 is 24.9 Å². The highest BCUT2D eigenvalue weighted by molar-refractivity contribution is 7.74. The average Bonchev–Trinajstić information content (AvgIpc) is 1.49. The van der Waals surface area contributed by atoms with Gasteiger partial charge in [-0.05, 0) is 6.55 Å². The lowest BCUT2D eigenvalue weighted by Crippen LogP contribution is -2.42. The lowest BCUT2D eigenvalue weighted by Gasteiger charge is -2.28. The molecule has 0 aliphatic carbocycles. The number of hydrogen-bond acceptors (Lipinski definition) is 0. The molecule has 0 aromatic carbocycles. The van der Waals surface area contributed by atoms with Crippen molar-refractivity contribution in [2.75, 3.05) is 0 Å². The highest BCUT2D eigenvalue weighted by atomic mass is 35.8. The van der Waals surface area contributed by atoms with Gasteiger partial charge in [-0.2, -0.15) is 22.2 Å². The molecule has 1 unspecified atom stereocenters. The molecular formula is C2H5Cl7Si3. The van der Waals surface area contributed by atoms with E-state index in [2.05, 4.69) is 0 Å². The Balaban J connectivity index is 4.70. The van der Waals surface area contributed by atoms with Gasteiger partial charge in [0.1, 0.15) is 0 Å². The Morgan fingerprint density at radius 1 is 1.00 bits per heavy atom. The summed E-state index contributed by atoms with van der Waals surface area (Å²) >= 11 is 40.7. The van der Waals surface area contributed by atoms with Crippen LogP contribution in [0.15, 0.2) is 0 Å². The van der Waals surface area contributed by atoms with Gasteiger partial charge >= 0.3 is 6.00 Å². The van der Waals surface area contributed by atoms with Crippen LogP contribution in [0.5, 0.6) is 0 Å². The van der Waals surface area contributed by atoms with Gasteiger partial charge in [0.15, 0.2) is 0 Å². The maximum absolute atomic E-state index is 5.93. The van der Waals surface area contributed by atoms with E-state index in [1.807, 2.05) is 0 Å². The molecule has 10 heteroatoms. The minimum atomic E-state index is -2.97. The van der Waals surface area contributed by atoms with E-state index in [-0.39, 0.29) is 0 Å². The minimum absolute atomic E-state index is 0.443. The quantitative estimate of drug-likeness (QED) is 0.518. The molecule has 1 atom stereocenters. The van der Waals surface area contributed by atoms with E-state index in [0.717, 1.165) is 0 Å². The third-order valence-corrected chi connectivity index (χ3v) is 25.5. The summed E-state index contributed by atoms with van der Waals surface area (Å²) in [6.07, 6.45) is 0. The molecule has 0 radical (unpaired) electrons. The van der Waals surface area contributed by atoms with Gasteiger partial charge in [0.25, 0.3) is 6.69 Å². The van der Waals surface area contributed by atoms with E-state index >= 15 is 0 Å². The van der Waals surface area contributed by atoms with E-state index in [1.165, 1.54) is 0 Å². The Morgan fingerprint density at radius 3 is 1.33 bits per heavy atom. The van der Waals surface area contributed by atoms with Crippen LogP contribution in [0.3, 0.4) is 0 Å². The molecule has 0 aliphatic rings. The van der Waals surface area contributed by atoms with Crippen LogP contribution in [0.4, 0.5) is 0 Å². The molecule has 0 bridgehead atoms. The average molecular weight is 361 g/mol. The third-order valence-electron chi connectivity index (χ3n) is 1.15. The van der Waals surface area contributed by atoms with Crippen LogP contribution < -0.4 is 0 Å². The second-order valence-corrected chi connectivity index (χ2v) is 25.7. The minimum Gasteiger partial charge on any atom is -0.150 e. The summed E-state index contributed by atoms with van der Waals surface area (Å²) in [7, 11) is -2.13. The highest BCUT2D eigenvalue weighted by Crippen LogP contribution is 2.47. The van der Waals surface area contributed by atoms with Crippen molar-refractivity contribution in [3.8, 4) is 0 Å². The predicted molar refractivity (Wildman–Crippen MR) is 69.2 cm³/mol. The first-order chi connectivity index (χ1) is 5.07. The molecule has 0 nitrogen and oxygen atoms in total. The summed E-state index contributed by atoms with van der Waals surface area (Å²) < 4.78 is 0. The van der Waals surface area contributed by atoms with Crippen LogP contribution in [-0.2, 0) is 0 Å². The zero-order valence-corrected chi connectivity index (χ0v) is 14.2. The summed E-state index contributed by atoms with van der Waals surface area (Å²) in [4.78, 5) is -0.443. The maximum atomic E-state index is 5.93. The summed E-state index contributed by atoms with van der Waals surface area (Å²) in [5.41, 5.74) is 0. The molecule has 74 valence electrons. The SMILES string of the molecule is C[Si](Cl)(Cl)C([SiH](Cl)Cl)[Si](Cl)(Cl)Cl. The summed E-state index contributed by atoms with van der Waals surface area (Å²) in [5, 5.41) is 0. The number of rotatable bonds is 3. The fourth-order valence-electron chi connectivity index (χ4n) is 0.651. The van der Waals surface area contributed by atoms with Crippen LogP contribution in [0.2, 0.25) is 11.3 Å². The first-order valence-electron chi connectivity index (χ1n) is 2.79. The van der Waals surface area contributed by atoms with Gasteiger partial charge in [-0.1, -0.05) is 0 Å². The summed E-state index contributed by atoms with van der Waals surface area (Å²) in [6.45, 7) is -0.910. The van der Waals surface area contributed by atoms with Crippen molar-refractivity contribution >= 4 is 97.7 Å². The molecule has 0 saturated heterocycles. The first kappa shape index (κ1) is 14.7. The topological polar surface area (TPSA) is 0 Å². The maximum Gasteiger partial charge on any atom is 0.343 e. The fraction of sp³-hybridized carbons (Fsp3) is 1.00. The van der Waals surface area contributed by atoms with E-state index in [1.54, 1.807) is 6.55 Å². The zero-order valence-electron chi connectivity index (χ0n) is 5.80. The molecule has 0 N–H and O–H groups in total. The second-order valence-electron chi connectivity index (χ2n) is 2.31. The molecule has 12 heavy (non-hydrogen) atoms. The van der Waals surface area contributed by atoms with Crippen molar-refractivity contribution in [2.45, 2.75) is 11.3 Å². The molecule has 0 heterocycles. The van der Waals surface area contributed by atoms with Gasteiger partial charge in [-0.15, -0.1) is 55.4 Å². The normalized spacial score (nSPS) is 16.8. The predicted octanol–water partition coefficient (Wildman–Crippen LogP) is 4.34. The Labute approximate surface area is 108 Å². The van der Waals surface area contributed by atoms with Gasteiger partial charge in [-0.25, -0.2) is 0 Å². The van der Waals surface area contributed by atoms with Crippen molar-refractivity contribution in [2.24, 2.45) is 0 Å². The smallest absolute Gasteiger partial charge is 0.150 e. The van der Waals surface area contributed by atoms with Gasteiger partial charge in [0.2, 0.25) is 7.42 Å². The van der Waals surface area contributed by atoms with Crippen LogP contribution >= 0.6 is 77.6 Å². The van der Waals surface area contributed by atoms with Crippen molar-refractivity contribution in [3.05, 3.63) is 0 Å². The van der Waals surface area contributed by atoms with E-state index in [9.17, 15) is 0 Å². The zero-order chi connectivity index (χ0) is 10.2. The molecule has 0 amide bonds. The number of halogens is 7. The first-order valence-corrected chi connectivity index (χ1v) is 16.7. The van der Waals surface area contributed by atoms with Crippen LogP contribution in [-0.4, -0.2) is 20.1 Å². The largest absolute Gasteiger partial charge is 0.343 e. The molecule has 0 saturated carbocycles. The van der Waals surface area contributed by atoms with E-state index in [4.69, 9.17) is 77.6 Å². The van der Waals surface area contributed by atoms with Crippen molar-refractivity contribution in [3.63, 3.8) is 0 Å². The summed E-state index contributed by atoms with van der Waals surface area (Å²) in [6, 6.07) is -2.97. The molecule has 0 spiro atoms. The van der Waals surface area contributed by atoms with Crippen LogP contribution in [0.1, 0.15) is 0 Å². The lowest BCUT2D eigenvalue weighted by molar-refractivity contribution is 1.72.